The van der Waals surface area contributed by atoms with Crippen LogP contribution in [0.1, 0.15) is 15.9 Å². The lowest BCUT2D eigenvalue weighted by molar-refractivity contribution is 0.102. The molecule has 2 heterocycles. The first-order valence-electron chi connectivity index (χ1n) is 8.13. The average molecular weight is 363 g/mol. The van der Waals surface area contributed by atoms with E-state index in [1.165, 1.54) is 0 Å². The van der Waals surface area contributed by atoms with Crippen LogP contribution >= 0.6 is 11.6 Å². The molecular weight excluding hydrogens is 348 g/mol. The van der Waals surface area contributed by atoms with Crippen molar-refractivity contribution in [2.24, 2.45) is 0 Å². The van der Waals surface area contributed by atoms with Gasteiger partial charge in [-0.15, -0.1) is 0 Å². The Labute approximate surface area is 155 Å². The maximum Gasteiger partial charge on any atom is 0.255 e. The summed E-state index contributed by atoms with van der Waals surface area (Å²) in [6.07, 6.45) is 1.62. The Morgan fingerprint density at radius 1 is 1.08 bits per heavy atom. The van der Waals surface area contributed by atoms with Crippen molar-refractivity contribution >= 4 is 34.2 Å². The standard InChI is InChI=1S/C21H15ClN2O2/c1-13-10-15(22)6-8-17(13)21(25)24-16-7-9-18(23-12-16)20-11-14-4-2-3-5-19(14)26-20/h2-12H,1H3,(H,24,25). The predicted octanol–water partition coefficient (Wildman–Crippen LogP) is 5.71. The zero-order valence-electron chi connectivity index (χ0n) is 14.0. The molecule has 0 unspecified atom stereocenters. The maximum atomic E-state index is 12.4. The van der Waals surface area contributed by atoms with Gasteiger partial charge < -0.3 is 9.73 Å². The molecule has 1 N–H and O–H groups in total. The third-order valence-electron chi connectivity index (χ3n) is 4.13. The lowest BCUT2D eigenvalue weighted by Crippen LogP contribution is -2.13. The van der Waals surface area contributed by atoms with Crippen LogP contribution in [0.25, 0.3) is 22.4 Å². The number of rotatable bonds is 3. The Balaban J connectivity index is 1.55. The second kappa shape index (κ2) is 6.65. The van der Waals surface area contributed by atoms with Gasteiger partial charge in [-0.05, 0) is 55.0 Å². The number of furan rings is 1. The fourth-order valence-electron chi connectivity index (χ4n) is 2.80. The molecule has 0 fully saturated rings. The molecule has 5 heteroatoms. The molecule has 4 aromatic rings. The van der Waals surface area contributed by atoms with Crippen LogP contribution in [-0.4, -0.2) is 10.9 Å². The van der Waals surface area contributed by atoms with Crippen LogP contribution in [-0.2, 0) is 0 Å². The Bertz CT molecular complexity index is 1070. The summed E-state index contributed by atoms with van der Waals surface area (Å²) in [4.78, 5) is 16.8. The van der Waals surface area contributed by atoms with Crippen LogP contribution in [0.5, 0.6) is 0 Å². The summed E-state index contributed by atoms with van der Waals surface area (Å²) < 4.78 is 5.81. The molecule has 0 aliphatic carbocycles. The van der Waals surface area contributed by atoms with Crippen LogP contribution in [0.15, 0.2) is 71.3 Å². The molecular formula is C21H15ClN2O2. The van der Waals surface area contributed by atoms with Crippen LogP contribution < -0.4 is 5.32 Å². The fourth-order valence-corrected chi connectivity index (χ4v) is 3.03. The van der Waals surface area contributed by atoms with E-state index in [0.29, 0.717) is 27.7 Å². The van der Waals surface area contributed by atoms with Gasteiger partial charge >= 0.3 is 0 Å². The fraction of sp³-hybridized carbons (Fsp3) is 0.0476. The number of nitrogens with zero attached hydrogens (tertiary/aromatic N) is 1. The molecule has 4 rings (SSSR count). The van der Waals surface area contributed by atoms with Crippen LogP contribution in [0.3, 0.4) is 0 Å². The number of amides is 1. The summed E-state index contributed by atoms with van der Waals surface area (Å²) in [6, 6.07) is 18.6. The molecule has 2 aromatic carbocycles. The van der Waals surface area contributed by atoms with Crippen molar-refractivity contribution in [3.8, 4) is 11.5 Å². The van der Waals surface area contributed by atoms with Gasteiger partial charge in [0.25, 0.3) is 5.91 Å². The maximum absolute atomic E-state index is 12.4. The highest BCUT2D eigenvalue weighted by atomic mass is 35.5. The largest absolute Gasteiger partial charge is 0.454 e. The number of carbonyl (C=O) groups excluding carboxylic acids is 1. The summed E-state index contributed by atoms with van der Waals surface area (Å²) in [5.41, 5.74) is 3.54. The van der Waals surface area contributed by atoms with E-state index in [-0.39, 0.29) is 5.91 Å². The number of anilines is 1. The monoisotopic (exact) mass is 362 g/mol. The summed E-state index contributed by atoms with van der Waals surface area (Å²) >= 11 is 5.94. The van der Waals surface area contributed by atoms with Gasteiger partial charge in [0.05, 0.1) is 11.9 Å². The zero-order chi connectivity index (χ0) is 18.1. The van der Waals surface area contributed by atoms with E-state index in [2.05, 4.69) is 10.3 Å². The van der Waals surface area contributed by atoms with Crippen molar-refractivity contribution in [2.45, 2.75) is 6.92 Å². The lowest BCUT2D eigenvalue weighted by Gasteiger charge is -2.08. The first-order chi connectivity index (χ1) is 12.6. The Morgan fingerprint density at radius 3 is 2.65 bits per heavy atom. The molecule has 0 aliphatic rings. The summed E-state index contributed by atoms with van der Waals surface area (Å²) in [6.45, 7) is 1.85. The van der Waals surface area contributed by atoms with Gasteiger partial charge in [0.2, 0.25) is 0 Å². The van der Waals surface area contributed by atoms with Crippen molar-refractivity contribution in [2.75, 3.05) is 5.32 Å². The number of hydrogen-bond donors (Lipinski definition) is 1. The first-order valence-corrected chi connectivity index (χ1v) is 8.50. The number of nitrogens with one attached hydrogen (secondary N) is 1. The van der Waals surface area contributed by atoms with E-state index in [9.17, 15) is 4.79 Å². The normalized spacial score (nSPS) is 10.8. The van der Waals surface area contributed by atoms with Gasteiger partial charge in [-0.3, -0.25) is 9.78 Å². The van der Waals surface area contributed by atoms with E-state index < -0.39 is 0 Å². The molecule has 2 aromatic heterocycles. The highest BCUT2D eigenvalue weighted by molar-refractivity contribution is 6.30. The molecule has 1 amide bonds. The average Bonchev–Trinajstić information content (AvgIpc) is 3.06. The van der Waals surface area contributed by atoms with Gasteiger partial charge in [-0.1, -0.05) is 29.8 Å². The molecule has 0 bridgehead atoms. The van der Waals surface area contributed by atoms with Gasteiger partial charge in [0.1, 0.15) is 11.3 Å². The van der Waals surface area contributed by atoms with Gasteiger partial charge in [0, 0.05) is 16.0 Å². The van der Waals surface area contributed by atoms with Gasteiger partial charge in [-0.2, -0.15) is 0 Å². The van der Waals surface area contributed by atoms with Gasteiger partial charge in [0.15, 0.2) is 5.76 Å². The molecule has 0 saturated carbocycles. The van der Waals surface area contributed by atoms with Crippen LogP contribution in [0.2, 0.25) is 5.02 Å². The van der Waals surface area contributed by atoms with Crippen molar-refractivity contribution in [3.63, 3.8) is 0 Å². The van der Waals surface area contributed by atoms with E-state index in [1.54, 1.807) is 30.5 Å². The topological polar surface area (TPSA) is 55.1 Å². The minimum absolute atomic E-state index is 0.197. The highest BCUT2D eigenvalue weighted by Crippen LogP contribution is 2.27. The Hall–Kier alpha value is -3.11. The molecule has 0 radical (unpaired) electrons. The molecule has 0 saturated heterocycles. The molecule has 26 heavy (non-hydrogen) atoms. The van der Waals surface area contributed by atoms with E-state index in [0.717, 1.165) is 16.5 Å². The van der Waals surface area contributed by atoms with E-state index in [4.69, 9.17) is 16.0 Å². The number of para-hydroxylation sites is 1. The Kier molecular flexibility index (Phi) is 4.19. The van der Waals surface area contributed by atoms with Crippen molar-refractivity contribution in [3.05, 3.63) is 83.0 Å². The van der Waals surface area contributed by atoms with Gasteiger partial charge in [-0.25, -0.2) is 0 Å². The number of pyridine rings is 1. The second-order valence-electron chi connectivity index (χ2n) is 5.99. The summed E-state index contributed by atoms with van der Waals surface area (Å²) in [5.74, 6) is 0.495. The molecule has 4 nitrogen and oxygen atoms in total. The number of aromatic nitrogens is 1. The van der Waals surface area contributed by atoms with E-state index >= 15 is 0 Å². The SMILES string of the molecule is Cc1cc(Cl)ccc1C(=O)Nc1ccc(-c2cc3ccccc3o2)nc1. The number of halogens is 1. The third kappa shape index (κ3) is 3.19. The zero-order valence-corrected chi connectivity index (χ0v) is 14.7. The van der Waals surface area contributed by atoms with Crippen LogP contribution in [0, 0.1) is 6.92 Å². The number of fused-ring (bicyclic) bond motifs is 1. The Morgan fingerprint density at radius 2 is 1.92 bits per heavy atom. The quantitative estimate of drug-likeness (QED) is 0.508. The second-order valence-corrected chi connectivity index (χ2v) is 6.43. The van der Waals surface area contributed by atoms with Crippen LogP contribution in [0.4, 0.5) is 5.69 Å². The molecule has 128 valence electrons. The number of carbonyl (C=O) groups is 1. The predicted molar refractivity (Wildman–Crippen MR) is 104 cm³/mol. The highest BCUT2D eigenvalue weighted by Gasteiger charge is 2.11. The minimum Gasteiger partial charge on any atom is -0.454 e. The minimum atomic E-state index is -0.197. The molecule has 0 aliphatic heterocycles. The van der Waals surface area contributed by atoms with Crippen molar-refractivity contribution in [1.82, 2.24) is 4.98 Å². The smallest absolute Gasteiger partial charge is 0.255 e. The van der Waals surface area contributed by atoms with E-state index in [1.807, 2.05) is 43.3 Å². The lowest BCUT2D eigenvalue weighted by atomic mass is 10.1. The third-order valence-corrected chi connectivity index (χ3v) is 4.37. The number of hydrogen-bond acceptors (Lipinski definition) is 3. The number of aryl methyl sites for hydroxylation is 1. The molecule has 0 spiro atoms. The summed E-state index contributed by atoms with van der Waals surface area (Å²) in [7, 11) is 0. The summed E-state index contributed by atoms with van der Waals surface area (Å²) in [5, 5.41) is 4.48. The first kappa shape index (κ1) is 16.4. The molecule has 0 atom stereocenters. The van der Waals surface area contributed by atoms with Crippen molar-refractivity contribution in [1.29, 1.82) is 0 Å². The van der Waals surface area contributed by atoms with Crippen molar-refractivity contribution < 1.29 is 9.21 Å². The number of benzene rings is 2.